The molecule has 1 heterocycles. The van der Waals surface area contributed by atoms with E-state index in [1.54, 1.807) is 31.2 Å². The minimum Gasteiger partial charge on any atom is -0.483 e. The van der Waals surface area contributed by atoms with Crippen LogP contribution in [-0.4, -0.2) is 24.1 Å². The molecule has 2 amide bonds. The molecule has 4 rings (SSSR count). The molecule has 0 fully saturated rings. The lowest BCUT2D eigenvalue weighted by Gasteiger charge is -2.13. The molecule has 33 heavy (non-hydrogen) atoms. The molecular weight excluding hydrogens is 482 g/mol. The van der Waals surface area contributed by atoms with Gasteiger partial charge in [0.05, 0.1) is 17.0 Å². The number of para-hydroxylation sites is 1. The van der Waals surface area contributed by atoms with E-state index in [-0.39, 0.29) is 18.4 Å². The van der Waals surface area contributed by atoms with Gasteiger partial charge >= 0.3 is 0 Å². The van der Waals surface area contributed by atoms with Crippen molar-refractivity contribution in [3.8, 4) is 5.75 Å². The molecule has 6 nitrogen and oxygen atoms in total. The van der Waals surface area contributed by atoms with Gasteiger partial charge in [0.2, 0.25) is 0 Å². The van der Waals surface area contributed by atoms with Crippen LogP contribution in [0.15, 0.2) is 87.9 Å². The number of nitrogens with one attached hydrogen (secondary N) is 1. The monoisotopic (exact) mass is 503 g/mol. The summed E-state index contributed by atoms with van der Waals surface area (Å²) in [6.07, 6.45) is 1.74. The highest BCUT2D eigenvalue weighted by molar-refractivity contribution is 9.10. The van der Waals surface area contributed by atoms with Crippen molar-refractivity contribution in [2.45, 2.75) is 13.8 Å². The SMILES string of the molecule is CC1=NN(c2cccc(C)c2)C(=O)/C1=C/c1cc(Br)ccc1OCC(=O)Nc1ccccc1. The molecule has 0 spiro atoms. The van der Waals surface area contributed by atoms with E-state index >= 15 is 0 Å². The van der Waals surface area contributed by atoms with E-state index in [9.17, 15) is 9.59 Å². The van der Waals surface area contributed by atoms with Crippen molar-refractivity contribution < 1.29 is 14.3 Å². The summed E-state index contributed by atoms with van der Waals surface area (Å²) in [5, 5.41) is 8.64. The van der Waals surface area contributed by atoms with Crippen LogP contribution < -0.4 is 15.1 Å². The van der Waals surface area contributed by atoms with E-state index in [1.807, 2.05) is 61.5 Å². The summed E-state index contributed by atoms with van der Waals surface area (Å²) in [7, 11) is 0. The minimum absolute atomic E-state index is 0.164. The van der Waals surface area contributed by atoms with Gasteiger partial charge in [0.1, 0.15) is 5.75 Å². The highest BCUT2D eigenvalue weighted by Crippen LogP contribution is 2.30. The zero-order chi connectivity index (χ0) is 23.4. The van der Waals surface area contributed by atoms with Crippen molar-refractivity contribution in [1.29, 1.82) is 0 Å². The number of nitrogens with zero attached hydrogens (tertiary/aromatic N) is 2. The smallest absolute Gasteiger partial charge is 0.280 e. The zero-order valence-electron chi connectivity index (χ0n) is 18.2. The number of rotatable bonds is 6. The Bertz CT molecular complexity index is 1270. The lowest BCUT2D eigenvalue weighted by atomic mass is 10.1. The summed E-state index contributed by atoms with van der Waals surface area (Å²) >= 11 is 3.47. The van der Waals surface area contributed by atoms with Crippen LogP contribution in [0.4, 0.5) is 11.4 Å². The number of aryl methyl sites for hydroxylation is 1. The van der Waals surface area contributed by atoms with Crippen LogP contribution in [-0.2, 0) is 9.59 Å². The van der Waals surface area contributed by atoms with E-state index in [2.05, 4.69) is 26.3 Å². The average molecular weight is 504 g/mol. The lowest BCUT2D eigenvalue weighted by Crippen LogP contribution is -2.21. The molecule has 0 unspecified atom stereocenters. The van der Waals surface area contributed by atoms with E-state index in [1.165, 1.54) is 5.01 Å². The molecule has 3 aromatic rings. The molecule has 0 aliphatic carbocycles. The Morgan fingerprint density at radius 2 is 1.85 bits per heavy atom. The molecule has 0 bridgehead atoms. The average Bonchev–Trinajstić information content (AvgIpc) is 3.07. The minimum atomic E-state index is -0.275. The number of hydrogen-bond acceptors (Lipinski definition) is 4. The number of hydrogen-bond donors (Lipinski definition) is 1. The molecule has 0 saturated carbocycles. The van der Waals surface area contributed by atoms with Crippen LogP contribution >= 0.6 is 15.9 Å². The fraction of sp³-hybridized carbons (Fsp3) is 0.115. The molecule has 1 aliphatic heterocycles. The van der Waals surface area contributed by atoms with Gasteiger partial charge in [0.25, 0.3) is 11.8 Å². The Labute approximate surface area is 200 Å². The molecule has 0 aromatic heterocycles. The molecule has 7 heteroatoms. The Hall–Kier alpha value is -3.71. The number of halogens is 1. The van der Waals surface area contributed by atoms with Crippen molar-refractivity contribution in [3.05, 3.63) is 94.0 Å². The van der Waals surface area contributed by atoms with Crippen LogP contribution in [0.1, 0.15) is 18.1 Å². The van der Waals surface area contributed by atoms with Crippen LogP contribution in [0.2, 0.25) is 0 Å². The van der Waals surface area contributed by atoms with Crippen molar-refractivity contribution in [2.75, 3.05) is 16.9 Å². The Morgan fingerprint density at radius 1 is 1.06 bits per heavy atom. The number of amides is 2. The fourth-order valence-corrected chi connectivity index (χ4v) is 3.78. The predicted molar refractivity (Wildman–Crippen MR) is 134 cm³/mol. The second-order valence-corrected chi connectivity index (χ2v) is 8.50. The van der Waals surface area contributed by atoms with E-state index < -0.39 is 0 Å². The van der Waals surface area contributed by atoms with Crippen molar-refractivity contribution >= 4 is 50.9 Å². The maximum atomic E-state index is 13.1. The maximum absolute atomic E-state index is 13.1. The highest BCUT2D eigenvalue weighted by Gasteiger charge is 2.29. The first-order valence-electron chi connectivity index (χ1n) is 10.4. The van der Waals surface area contributed by atoms with Gasteiger partial charge in [-0.15, -0.1) is 0 Å². The number of anilines is 2. The highest BCUT2D eigenvalue weighted by atomic mass is 79.9. The summed E-state index contributed by atoms with van der Waals surface area (Å²) in [4.78, 5) is 25.4. The first-order chi connectivity index (χ1) is 15.9. The Morgan fingerprint density at radius 3 is 2.61 bits per heavy atom. The van der Waals surface area contributed by atoms with Gasteiger partial charge in [-0.1, -0.05) is 46.3 Å². The largest absolute Gasteiger partial charge is 0.483 e. The molecule has 1 N–H and O–H groups in total. The predicted octanol–water partition coefficient (Wildman–Crippen LogP) is 5.58. The van der Waals surface area contributed by atoms with Gasteiger partial charge in [0, 0.05) is 15.7 Å². The van der Waals surface area contributed by atoms with Gasteiger partial charge < -0.3 is 10.1 Å². The number of benzene rings is 3. The Balaban J connectivity index is 1.54. The van der Waals surface area contributed by atoms with Gasteiger partial charge in [-0.25, -0.2) is 0 Å². The number of carbonyl (C=O) groups is 2. The number of carbonyl (C=O) groups excluding carboxylic acids is 2. The second kappa shape index (κ2) is 9.83. The molecule has 3 aromatic carbocycles. The van der Waals surface area contributed by atoms with Gasteiger partial charge in [-0.2, -0.15) is 10.1 Å². The molecule has 0 saturated heterocycles. The summed E-state index contributed by atoms with van der Waals surface area (Å²) in [5.74, 6) is -0.00241. The number of ether oxygens (including phenoxy) is 1. The number of hydrazone groups is 1. The second-order valence-electron chi connectivity index (χ2n) is 7.58. The fourth-order valence-electron chi connectivity index (χ4n) is 3.40. The third-order valence-electron chi connectivity index (χ3n) is 5.00. The maximum Gasteiger partial charge on any atom is 0.280 e. The summed E-state index contributed by atoms with van der Waals surface area (Å²) in [6, 6.07) is 22.2. The quantitative estimate of drug-likeness (QED) is 0.446. The third-order valence-corrected chi connectivity index (χ3v) is 5.49. The molecule has 0 atom stereocenters. The van der Waals surface area contributed by atoms with Crippen LogP contribution in [0.3, 0.4) is 0 Å². The zero-order valence-corrected chi connectivity index (χ0v) is 19.8. The lowest BCUT2D eigenvalue weighted by molar-refractivity contribution is -0.118. The normalized spacial score (nSPS) is 14.4. The van der Waals surface area contributed by atoms with Crippen molar-refractivity contribution in [2.24, 2.45) is 5.10 Å². The first kappa shape index (κ1) is 22.5. The summed E-state index contributed by atoms with van der Waals surface area (Å²) in [6.45, 7) is 3.60. The van der Waals surface area contributed by atoms with Crippen molar-refractivity contribution in [1.82, 2.24) is 0 Å². The summed E-state index contributed by atoms with van der Waals surface area (Å²) < 4.78 is 6.62. The van der Waals surface area contributed by atoms with Crippen molar-refractivity contribution in [3.63, 3.8) is 0 Å². The Kier molecular flexibility index (Phi) is 6.70. The van der Waals surface area contributed by atoms with E-state index in [0.29, 0.717) is 34.0 Å². The van der Waals surface area contributed by atoms with Crippen LogP contribution in [0.5, 0.6) is 5.75 Å². The van der Waals surface area contributed by atoms with Gasteiger partial charge in [0.15, 0.2) is 6.61 Å². The van der Waals surface area contributed by atoms with E-state index in [4.69, 9.17) is 4.74 Å². The van der Waals surface area contributed by atoms with Crippen LogP contribution in [0, 0.1) is 6.92 Å². The molecule has 166 valence electrons. The van der Waals surface area contributed by atoms with Crippen LogP contribution in [0.25, 0.3) is 6.08 Å². The molecule has 0 radical (unpaired) electrons. The van der Waals surface area contributed by atoms with E-state index in [0.717, 1.165) is 10.0 Å². The topological polar surface area (TPSA) is 71.0 Å². The first-order valence-corrected chi connectivity index (χ1v) is 11.2. The third kappa shape index (κ3) is 5.38. The van der Waals surface area contributed by atoms with Gasteiger partial charge in [-0.05, 0) is 68.0 Å². The molecular formula is C26H22BrN3O3. The molecule has 1 aliphatic rings. The summed E-state index contributed by atoms with van der Waals surface area (Å²) in [5.41, 5.74) is 4.19. The van der Waals surface area contributed by atoms with Gasteiger partial charge in [-0.3, -0.25) is 9.59 Å². The standard InChI is InChI=1S/C26H22BrN3O3/c1-17-7-6-10-22(13-17)30-26(32)23(18(2)29-30)15-19-14-20(27)11-12-24(19)33-16-25(31)28-21-8-4-3-5-9-21/h3-15H,16H2,1-2H3,(H,28,31)/b23-15+.